The van der Waals surface area contributed by atoms with Gasteiger partial charge in [0.15, 0.2) is 5.54 Å². The van der Waals surface area contributed by atoms with Crippen LogP contribution in [-0.2, 0) is 26.3 Å². The molecule has 2 fully saturated rings. The lowest BCUT2D eigenvalue weighted by atomic mass is 9.85. The summed E-state index contributed by atoms with van der Waals surface area (Å²) in [5, 5.41) is 12.0. The number of rotatable bonds is 6. The second-order valence-corrected chi connectivity index (χ2v) is 10.9. The molecule has 0 spiro atoms. The summed E-state index contributed by atoms with van der Waals surface area (Å²) in [5.41, 5.74) is -1.39. The van der Waals surface area contributed by atoms with Crippen LogP contribution < -0.4 is 15.1 Å². The molecule has 2 aliphatic carbocycles. The molecule has 0 radical (unpaired) electrons. The van der Waals surface area contributed by atoms with Gasteiger partial charge in [0.2, 0.25) is 5.91 Å². The SMILES string of the molecule is N#Cc1ccnc(N2C(=O)CC[C@H]2C(=O)N(c2cc(F)cc(F)c2)[C@]2(C(=O)NC3CC(F)(F)C3)CCc3cccnc32)c1. The maximum absolute atomic E-state index is 14.7. The summed E-state index contributed by atoms with van der Waals surface area (Å²) in [5.74, 6) is -7.14. The first kappa shape index (κ1) is 28.3. The molecule has 1 aliphatic heterocycles. The molecule has 0 bridgehead atoms. The van der Waals surface area contributed by atoms with Gasteiger partial charge in [-0.1, -0.05) is 6.07 Å². The first-order valence-corrected chi connectivity index (χ1v) is 13.6. The Bertz CT molecular complexity index is 1670. The van der Waals surface area contributed by atoms with Gasteiger partial charge in [-0.2, -0.15) is 5.26 Å². The second kappa shape index (κ2) is 10.4. The number of pyridine rings is 2. The van der Waals surface area contributed by atoms with E-state index in [1.165, 1.54) is 24.5 Å². The number of alkyl halides is 2. The lowest BCUT2D eigenvalue weighted by molar-refractivity contribution is -0.137. The topological polar surface area (TPSA) is 119 Å². The van der Waals surface area contributed by atoms with E-state index in [4.69, 9.17) is 0 Å². The van der Waals surface area contributed by atoms with E-state index < -0.39 is 65.7 Å². The van der Waals surface area contributed by atoms with E-state index in [1.54, 1.807) is 12.1 Å². The fourth-order valence-corrected chi connectivity index (χ4v) is 6.23. The number of nitrogens with one attached hydrogen (secondary N) is 1. The smallest absolute Gasteiger partial charge is 0.252 e. The lowest BCUT2D eigenvalue weighted by Gasteiger charge is -2.44. The van der Waals surface area contributed by atoms with Crippen LogP contribution in [-0.4, -0.2) is 45.7 Å². The summed E-state index contributed by atoms with van der Waals surface area (Å²) in [6.07, 6.45) is 1.59. The van der Waals surface area contributed by atoms with Crippen molar-refractivity contribution >= 4 is 29.2 Å². The van der Waals surface area contributed by atoms with Gasteiger partial charge in [-0.15, -0.1) is 0 Å². The molecule has 2 atom stereocenters. The Morgan fingerprint density at radius 3 is 2.49 bits per heavy atom. The molecular weight excluding hydrogens is 568 g/mol. The molecule has 9 nitrogen and oxygen atoms in total. The van der Waals surface area contributed by atoms with E-state index in [1.807, 2.05) is 6.07 Å². The monoisotopic (exact) mass is 592 g/mol. The van der Waals surface area contributed by atoms with Crippen LogP contribution in [0.5, 0.6) is 0 Å². The van der Waals surface area contributed by atoms with Crippen molar-refractivity contribution in [3.63, 3.8) is 0 Å². The number of hydrogen-bond donors (Lipinski definition) is 1. The van der Waals surface area contributed by atoms with Gasteiger partial charge in [0.25, 0.3) is 17.7 Å². The van der Waals surface area contributed by atoms with Crippen LogP contribution in [0.15, 0.2) is 54.9 Å². The van der Waals surface area contributed by atoms with E-state index in [0.29, 0.717) is 11.6 Å². The zero-order chi connectivity index (χ0) is 30.5. The van der Waals surface area contributed by atoms with Gasteiger partial charge >= 0.3 is 0 Å². The number of carbonyl (C=O) groups excluding carboxylic acids is 3. The number of anilines is 2. The van der Waals surface area contributed by atoms with Gasteiger partial charge in [-0.05, 0) is 55.2 Å². The molecule has 0 unspecified atom stereocenters. The minimum Gasteiger partial charge on any atom is -0.351 e. The number of aromatic nitrogens is 2. The van der Waals surface area contributed by atoms with Crippen LogP contribution in [0.2, 0.25) is 0 Å². The van der Waals surface area contributed by atoms with E-state index in [0.717, 1.165) is 21.9 Å². The Hall–Kier alpha value is -4.86. The zero-order valence-corrected chi connectivity index (χ0v) is 22.6. The van der Waals surface area contributed by atoms with Crippen molar-refractivity contribution in [3.8, 4) is 6.07 Å². The summed E-state index contributed by atoms with van der Waals surface area (Å²) in [4.78, 5) is 52.7. The molecule has 6 rings (SSSR count). The molecule has 3 heterocycles. The number of hydrogen-bond acceptors (Lipinski definition) is 6. The minimum absolute atomic E-state index is 0.0189. The quantitative estimate of drug-likeness (QED) is 0.434. The van der Waals surface area contributed by atoms with E-state index in [-0.39, 0.29) is 48.4 Å². The van der Waals surface area contributed by atoms with Crippen LogP contribution in [0.25, 0.3) is 0 Å². The maximum Gasteiger partial charge on any atom is 0.252 e. The summed E-state index contributed by atoms with van der Waals surface area (Å²) >= 11 is 0. The highest BCUT2D eigenvalue weighted by molar-refractivity contribution is 6.12. The van der Waals surface area contributed by atoms with Crippen LogP contribution >= 0.6 is 0 Å². The number of amides is 3. The number of benzene rings is 1. The number of carbonyl (C=O) groups is 3. The predicted octanol–water partition coefficient (Wildman–Crippen LogP) is 3.91. The molecule has 1 saturated heterocycles. The normalized spacial score (nSPS) is 22.4. The fourth-order valence-electron chi connectivity index (χ4n) is 6.23. The standard InChI is InChI=1S/C30H24F4N6O3/c31-19-11-20(32)13-22(12-19)40(27(42)23-3-4-25(41)39(23)24-10-17(16-35)6-9-36-24)30(7-5-18-2-1-8-37-26(18)30)28(43)38-21-14-29(33,34)15-21/h1-2,6,8-13,21,23H,3-5,7,14-15H2,(H,38,43)/t23-,30+/m0/s1. The molecule has 13 heteroatoms. The van der Waals surface area contributed by atoms with Crippen LogP contribution in [0.1, 0.15) is 48.9 Å². The minimum atomic E-state index is -2.95. The third kappa shape index (κ3) is 4.86. The summed E-state index contributed by atoms with van der Waals surface area (Å²) < 4.78 is 56.8. The van der Waals surface area contributed by atoms with Crippen molar-refractivity contribution < 1.29 is 31.9 Å². The highest BCUT2D eigenvalue weighted by Crippen LogP contribution is 2.46. The van der Waals surface area contributed by atoms with Gasteiger partial charge in [-0.3, -0.25) is 29.2 Å². The maximum atomic E-state index is 14.7. The molecule has 1 N–H and O–H groups in total. The fraction of sp³-hybridized carbons (Fsp3) is 0.333. The van der Waals surface area contributed by atoms with Gasteiger partial charge in [-0.25, -0.2) is 22.5 Å². The third-order valence-electron chi connectivity index (χ3n) is 8.17. The number of nitrogens with zero attached hydrogens (tertiary/aromatic N) is 5. The van der Waals surface area contributed by atoms with Gasteiger partial charge in [0, 0.05) is 43.8 Å². The average Bonchev–Trinajstić information content (AvgIpc) is 3.53. The molecule has 3 aliphatic rings. The Morgan fingerprint density at radius 1 is 1.05 bits per heavy atom. The van der Waals surface area contributed by atoms with Gasteiger partial charge in [0.05, 0.1) is 23.0 Å². The number of fused-ring (bicyclic) bond motifs is 1. The van der Waals surface area contributed by atoms with Crippen molar-refractivity contribution in [3.05, 3.63) is 83.3 Å². The van der Waals surface area contributed by atoms with Crippen LogP contribution in [0.3, 0.4) is 0 Å². The van der Waals surface area contributed by atoms with Crippen molar-refractivity contribution in [2.24, 2.45) is 0 Å². The summed E-state index contributed by atoms with van der Waals surface area (Å²) in [6, 6.07) is 8.28. The molecular formula is C30H24F4N6O3. The first-order valence-electron chi connectivity index (χ1n) is 13.6. The molecule has 2 aromatic heterocycles. The highest BCUT2D eigenvalue weighted by Gasteiger charge is 2.58. The molecule has 3 aromatic rings. The van der Waals surface area contributed by atoms with Crippen molar-refractivity contribution in [1.29, 1.82) is 5.26 Å². The van der Waals surface area contributed by atoms with E-state index in [9.17, 15) is 37.2 Å². The molecule has 43 heavy (non-hydrogen) atoms. The number of nitriles is 1. The average molecular weight is 593 g/mol. The van der Waals surface area contributed by atoms with E-state index in [2.05, 4.69) is 15.3 Å². The molecule has 220 valence electrons. The van der Waals surface area contributed by atoms with Crippen molar-refractivity contribution in [1.82, 2.24) is 15.3 Å². The van der Waals surface area contributed by atoms with Gasteiger partial charge < -0.3 is 5.32 Å². The Labute approximate surface area is 243 Å². The highest BCUT2D eigenvalue weighted by atomic mass is 19.3. The van der Waals surface area contributed by atoms with Crippen LogP contribution in [0, 0.1) is 23.0 Å². The van der Waals surface area contributed by atoms with Crippen molar-refractivity contribution in [2.45, 2.75) is 62.1 Å². The second-order valence-electron chi connectivity index (χ2n) is 10.9. The first-order chi connectivity index (χ1) is 20.5. The molecule has 1 saturated carbocycles. The molecule has 3 amide bonds. The summed E-state index contributed by atoms with van der Waals surface area (Å²) in [6.45, 7) is 0. The largest absolute Gasteiger partial charge is 0.351 e. The predicted molar refractivity (Wildman–Crippen MR) is 144 cm³/mol. The third-order valence-corrected chi connectivity index (χ3v) is 8.17. The lowest BCUT2D eigenvalue weighted by Crippen LogP contribution is -2.64. The zero-order valence-electron chi connectivity index (χ0n) is 22.6. The number of aryl methyl sites for hydroxylation is 1. The number of halogens is 4. The van der Waals surface area contributed by atoms with Crippen LogP contribution in [0.4, 0.5) is 29.1 Å². The molecule has 1 aromatic carbocycles. The van der Waals surface area contributed by atoms with E-state index >= 15 is 0 Å². The Morgan fingerprint density at radius 2 is 1.79 bits per heavy atom. The Balaban J connectivity index is 1.51. The van der Waals surface area contributed by atoms with Crippen molar-refractivity contribution in [2.75, 3.05) is 9.80 Å². The Kier molecular flexibility index (Phi) is 6.87. The summed E-state index contributed by atoms with van der Waals surface area (Å²) in [7, 11) is 0. The van der Waals surface area contributed by atoms with Gasteiger partial charge in [0.1, 0.15) is 23.5 Å².